The lowest BCUT2D eigenvalue weighted by Crippen LogP contribution is -2.23. The third-order valence-electron chi connectivity index (χ3n) is 5.21. The Bertz CT molecular complexity index is 1230. The van der Waals surface area contributed by atoms with Crippen LogP contribution in [-0.4, -0.2) is 32.2 Å². The fraction of sp³-hybridized carbons (Fsp3) is 0.154. The Labute approximate surface area is 186 Å². The molecule has 6 nitrogen and oxygen atoms in total. The van der Waals surface area contributed by atoms with Crippen LogP contribution in [0.1, 0.15) is 15.9 Å². The van der Waals surface area contributed by atoms with Crippen LogP contribution in [0.5, 0.6) is 17.2 Å². The van der Waals surface area contributed by atoms with E-state index in [9.17, 15) is 4.79 Å². The highest BCUT2D eigenvalue weighted by Crippen LogP contribution is 2.38. The van der Waals surface area contributed by atoms with Crippen molar-refractivity contribution in [3.05, 3.63) is 83.9 Å². The van der Waals surface area contributed by atoms with Gasteiger partial charge in [-0.05, 0) is 29.8 Å². The maximum Gasteiger partial charge on any atom is 0.252 e. The highest BCUT2D eigenvalue weighted by Gasteiger charge is 2.16. The van der Waals surface area contributed by atoms with Crippen LogP contribution in [0.2, 0.25) is 0 Å². The zero-order valence-electron chi connectivity index (χ0n) is 18.2. The Hall–Kier alpha value is -4.06. The van der Waals surface area contributed by atoms with Gasteiger partial charge in [0.1, 0.15) is 0 Å². The SMILES string of the molecule is COc1cc(CNC(=O)c2cc(-c3ccccc3)nc3ccccc23)cc(OC)c1OC. The van der Waals surface area contributed by atoms with E-state index in [0.717, 1.165) is 27.7 Å². The van der Waals surface area contributed by atoms with Crippen LogP contribution >= 0.6 is 0 Å². The number of hydrogen-bond acceptors (Lipinski definition) is 5. The maximum atomic E-state index is 13.2. The molecule has 6 heteroatoms. The van der Waals surface area contributed by atoms with E-state index in [1.807, 2.05) is 72.8 Å². The molecule has 0 bridgehead atoms. The lowest BCUT2D eigenvalue weighted by Gasteiger charge is -2.15. The molecule has 32 heavy (non-hydrogen) atoms. The molecule has 0 saturated carbocycles. The molecule has 4 aromatic rings. The summed E-state index contributed by atoms with van der Waals surface area (Å²) in [4.78, 5) is 18.0. The predicted molar refractivity (Wildman–Crippen MR) is 124 cm³/mol. The van der Waals surface area contributed by atoms with Crippen LogP contribution in [0.4, 0.5) is 0 Å². The summed E-state index contributed by atoms with van der Waals surface area (Å²) in [6, 6.07) is 22.9. The standard InChI is InChI=1S/C26H24N2O4/c1-30-23-13-17(14-24(31-2)25(23)32-3)16-27-26(29)20-15-22(18-9-5-4-6-10-18)28-21-12-8-7-11-19(20)21/h4-15H,16H2,1-3H3,(H,27,29). The van der Waals surface area contributed by atoms with Gasteiger partial charge in [0, 0.05) is 17.5 Å². The monoisotopic (exact) mass is 428 g/mol. The van der Waals surface area contributed by atoms with Crippen molar-refractivity contribution in [3.8, 4) is 28.5 Å². The molecule has 0 fully saturated rings. The normalized spacial score (nSPS) is 10.6. The molecule has 0 saturated heterocycles. The van der Waals surface area contributed by atoms with E-state index in [1.165, 1.54) is 0 Å². The minimum atomic E-state index is -0.186. The molecule has 1 amide bonds. The maximum absolute atomic E-state index is 13.2. The van der Waals surface area contributed by atoms with Gasteiger partial charge in [-0.15, -0.1) is 0 Å². The van der Waals surface area contributed by atoms with E-state index < -0.39 is 0 Å². The first-order valence-electron chi connectivity index (χ1n) is 10.2. The van der Waals surface area contributed by atoms with Crippen molar-refractivity contribution in [1.29, 1.82) is 0 Å². The Balaban J connectivity index is 1.66. The van der Waals surface area contributed by atoms with Crippen LogP contribution in [0.3, 0.4) is 0 Å². The summed E-state index contributed by atoms with van der Waals surface area (Å²) in [7, 11) is 4.68. The zero-order valence-corrected chi connectivity index (χ0v) is 18.2. The second-order valence-electron chi connectivity index (χ2n) is 7.15. The summed E-state index contributed by atoms with van der Waals surface area (Å²) in [5.41, 5.74) is 3.88. The number of para-hydroxylation sites is 1. The third-order valence-corrected chi connectivity index (χ3v) is 5.21. The highest BCUT2D eigenvalue weighted by atomic mass is 16.5. The molecule has 0 radical (unpaired) electrons. The van der Waals surface area contributed by atoms with Crippen molar-refractivity contribution < 1.29 is 19.0 Å². The molecule has 0 unspecified atom stereocenters. The molecule has 0 aliphatic heterocycles. The van der Waals surface area contributed by atoms with Crippen molar-refractivity contribution in [1.82, 2.24) is 10.3 Å². The fourth-order valence-corrected chi connectivity index (χ4v) is 3.64. The Morgan fingerprint density at radius 3 is 2.16 bits per heavy atom. The minimum Gasteiger partial charge on any atom is -0.493 e. The number of aromatic nitrogens is 1. The van der Waals surface area contributed by atoms with Gasteiger partial charge in [0.15, 0.2) is 11.5 Å². The summed E-state index contributed by atoms with van der Waals surface area (Å²) in [5, 5.41) is 3.81. The molecule has 1 aromatic heterocycles. The number of pyridine rings is 1. The summed E-state index contributed by atoms with van der Waals surface area (Å²) in [5.74, 6) is 1.40. The number of rotatable bonds is 7. The molecular weight excluding hydrogens is 404 g/mol. The van der Waals surface area contributed by atoms with Crippen molar-refractivity contribution >= 4 is 16.8 Å². The topological polar surface area (TPSA) is 69.7 Å². The highest BCUT2D eigenvalue weighted by molar-refractivity contribution is 6.07. The first-order chi connectivity index (χ1) is 15.6. The van der Waals surface area contributed by atoms with Crippen molar-refractivity contribution in [3.63, 3.8) is 0 Å². The summed E-state index contributed by atoms with van der Waals surface area (Å²) in [6.45, 7) is 0.298. The van der Waals surface area contributed by atoms with E-state index >= 15 is 0 Å². The first-order valence-corrected chi connectivity index (χ1v) is 10.2. The second-order valence-corrected chi connectivity index (χ2v) is 7.15. The lowest BCUT2D eigenvalue weighted by molar-refractivity contribution is 0.0952. The van der Waals surface area contributed by atoms with Crippen LogP contribution in [0.25, 0.3) is 22.2 Å². The number of methoxy groups -OCH3 is 3. The number of nitrogens with one attached hydrogen (secondary N) is 1. The van der Waals surface area contributed by atoms with Gasteiger partial charge in [-0.3, -0.25) is 4.79 Å². The van der Waals surface area contributed by atoms with Crippen LogP contribution in [0.15, 0.2) is 72.8 Å². The van der Waals surface area contributed by atoms with Gasteiger partial charge in [0.25, 0.3) is 5.91 Å². The lowest BCUT2D eigenvalue weighted by atomic mass is 10.0. The van der Waals surface area contributed by atoms with Gasteiger partial charge in [-0.25, -0.2) is 4.98 Å². The number of ether oxygens (including phenoxy) is 3. The molecular formula is C26H24N2O4. The van der Waals surface area contributed by atoms with Crippen LogP contribution < -0.4 is 19.5 Å². The number of carbonyl (C=O) groups excluding carboxylic acids is 1. The second kappa shape index (κ2) is 9.39. The smallest absolute Gasteiger partial charge is 0.252 e. The molecule has 0 aliphatic carbocycles. The third kappa shape index (κ3) is 4.21. The predicted octanol–water partition coefficient (Wildman–Crippen LogP) is 4.86. The summed E-state index contributed by atoms with van der Waals surface area (Å²) in [6.07, 6.45) is 0. The molecule has 3 aromatic carbocycles. The first kappa shape index (κ1) is 21.2. The van der Waals surface area contributed by atoms with Gasteiger partial charge in [-0.2, -0.15) is 0 Å². The number of nitrogens with zero attached hydrogens (tertiary/aromatic N) is 1. The van der Waals surface area contributed by atoms with Gasteiger partial charge in [0.2, 0.25) is 5.75 Å². The van der Waals surface area contributed by atoms with Gasteiger partial charge < -0.3 is 19.5 Å². The number of benzene rings is 3. The van der Waals surface area contributed by atoms with Crippen LogP contribution in [0, 0.1) is 0 Å². The average molecular weight is 428 g/mol. The van der Waals surface area contributed by atoms with E-state index in [2.05, 4.69) is 5.32 Å². The fourth-order valence-electron chi connectivity index (χ4n) is 3.64. The summed E-state index contributed by atoms with van der Waals surface area (Å²) >= 11 is 0. The zero-order chi connectivity index (χ0) is 22.5. The van der Waals surface area contributed by atoms with Crippen molar-refractivity contribution in [2.45, 2.75) is 6.54 Å². The van der Waals surface area contributed by atoms with Crippen molar-refractivity contribution in [2.75, 3.05) is 21.3 Å². The molecule has 0 atom stereocenters. The quantitative estimate of drug-likeness (QED) is 0.455. The Morgan fingerprint density at radius 2 is 1.50 bits per heavy atom. The molecule has 4 rings (SSSR count). The van der Waals surface area contributed by atoms with E-state index in [1.54, 1.807) is 21.3 Å². The Morgan fingerprint density at radius 1 is 0.844 bits per heavy atom. The molecule has 0 spiro atoms. The number of hydrogen-bond donors (Lipinski definition) is 1. The van der Waals surface area contributed by atoms with E-state index in [-0.39, 0.29) is 5.91 Å². The largest absolute Gasteiger partial charge is 0.493 e. The molecule has 1 heterocycles. The Kier molecular flexibility index (Phi) is 6.22. The molecule has 162 valence electrons. The van der Waals surface area contributed by atoms with Gasteiger partial charge in [0.05, 0.1) is 38.1 Å². The minimum absolute atomic E-state index is 0.186. The number of amides is 1. The average Bonchev–Trinajstić information content (AvgIpc) is 2.86. The summed E-state index contributed by atoms with van der Waals surface area (Å²) < 4.78 is 16.2. The number of carbonyl (C=O) groups is 1. The number of fused-ring (bicyclic) bond motifs is 1. The van der Waals surface area contributed by atoms with E-state index in [0.29, 0.717) is 29.4 Å². The van der Waals surface area contributed by atoms with Gasteiger partial charge in [-0.1, -0.05) is 48.5 Å². The molecule has 0 aliphatic rings. The van der Waals surface area contributed by atoms with E-state index in [4.69, 9.17) is 19.2 Å². The van der Waals surface area contributed by atoms with Crippen molar-refractivity contribution in [2.24, 2.45) is 0 Å². The molecule has 1 N–H and O–H groups in total. The van der Waals surface area contributed by atoms with Crippen LogP contribution in [-0.2, 0) is 6.54 Å². The van der Waals surface area contributed by atoms with Gasteiger partial charge >= 0.3 is 0 Å².